The van der Waals surface area contributed by atoms with Crippen LogP contribution in [0.3, 0.4) is 0 Å². The second kappa shape index (κ2) is 8.75. The summed E-state index contributed by atoms with van der Waals surface area (Å²) >= 11 is 0. The Bertz CT molecular complexity index is 1160. The number of benzene rings is 1. The fourth-order valence-electron chi connectivity index (χ4n) is 4.65. The van der Waals surface area contributed by atoms with Gasteiger partial charge >= 0.3 is 0 Å². The Morgan fingerprint density at radius 3 is 2.67 bits per heavy atom. The predicted octanol–water partition coefficient (Wildman–Crippen LogP) is 3.87. The molecule has 2 saturated heterocycles. The van der Waals surface area contributed by atoms with Gasteiger partial charge in [-0.15, -0.1) is 0 Å². The molecule has 33 heavy (non-hydrogen) atoms. The van der Waals surface area contributed by atoms with Crippen molar-refractivity contribution in [1.82, 2.24) is 9.88 Å². The molecule has 0 amide bonds. The summed E-state index contributed by atoms with van der Waals surface area (Å²) in [5.74, 6) is -3.55. The number of sulfonamides is 1. The lowest BCUT2D eigenvalue weighted by atomic mass is 10.1. The average Bonchev–Trinajstić information content (AvgIpc) is 3.30. The minimum Gasteiger partial charge on any atom is -0.371 e. The van der Waals surface area contributed by atoms with E-state index in [1.54, 1.807) is 6.92 Å². The van der Waals surface area contributed by atoms with Gasteiger partial charge in [-0.2, -0.15) is 4.39 Å². The van der Waals surface area contributed by atoms with Gasteiger partial charge in [0.05, 0.1) is 0 Å². The van der Waals surface area contributed by atoms with E-state index in [9.17, 15) is 21.6 Å². The summed E-state index contributed by atoms with van der Waals surface area (Å²) < 4.78 is 84.6. The monoisotopic (exact) mass is 486 g/mol. The van der Waals surface area contributed by atoms with E-state index in [4.69, 9.17) is 0 Å². The van der Waals surface area contributed by atoms with Crippen LogP contribution in [0.25, 0.3) is 0 Å². The Hall–Kier alpha value is -2.40. The van der Waals surface area contributed by atoms with Crippen molar-refractivity contribution in [3.05, 3.63) is 47.4 Å². The number of alkyl halides is 1. The van der Waals surface area contributed by atoms with Crippen LogP contribution in [0.15, 0.2) is 29.2 Å². The van der Waals surface area contributed by atoms with Crippen molar-refractivity contribution in [2.45, 2.75) is 37.3 Å². The molecule has 2 aliphatic heterocycles. The number of anilines is 2. The molecule has 0 radical (unpaired) electrons. The third kappa shape index (κ3) is 5.08. The summed E-state index contributed by atoms with van der Waals surface area (Å²) in [4.78, 5) is 6.14. The summed E-state index contributed by atoms with van der Waals surface area (Å²) in [6, 6.07) is 4.43. The quantitative estimate of drug-likeness (QED) is 0.496. The first-order valence-corrected chi connectivity index (χ1v) is 12.2. The van der Waals surface area contributed by atoms with Crippen LogP contribution in [0, 0.1) is 30.4 Å². The number of halogens is 4. The van der Waals surface area contributed by atoms with Gasteiger partial charge in [-0.3, -0.25) is 9.62 Å². The van der Waals surface area contributed by atoms with E-state index in [-0.39, 0.29) is 23.0 Å². The van der Waals surface area contributed by atoms with Crippen molar-refractivity contribution in [3.8, 4) is 0 Å². The van der Waals surface area contributed by atoms with Crippen LogP contribution < -0.4 is 9.62 Å². The summed E-state index contributed by atoms with van der Waals surface area (Å²) in [5.41, 5.74) is -0.897. The lowest BCUT2D eigenvalue weighted by molar-refractivity contribution is 0.181. The molecule has 1 aromatic heterocycles. The van der Waals surface area contributed by atoms with Crippen molar-refractivity contribution >= 4 is 21.5 Å². The van der Waals surface area contributed by atoms with Gasteiger partial charge < -0.3 is 4.90 Å². The van der Waals surface area contributed by atoms with E-state index in [0.717, 1.165) is 18.6 Å². The SMILES string of the molecule is Cc1c(N2CCC(CN3CC[C@@](C)(F)C3)C2)cc(F)c(S(=O)(=O)Nc2cccc(F)n2)c1F. The van der Waals surface area contributed by atoms with Crippen LogP contribution in [-0.2, 0) is 10.0 Å². The second-order valence-electron chi connectivity index (χ2n) is 9.10. The number of aromatic nitrogens is 1. The first-order valence-electron chi connectivity index (χ1n) is 10.8. The van der Waals surface area contributed by atoms with Crippen LogP contribution in [0.2, 0.25) is 0 Å². The van der Waals surface area contributed by atoms with Gasteiger partial charge in [0.25, 0.3) is 10.0 Å². The molecule has 0 spiro atoms. The minimum absolute atomic E-state index is 0.00197. The molecule has 2 aliphatic rings. The molecule has 2 aromatic rings. The third-order valence-electron chi connectivity index (χ3n) is 6.26. The molecule has 11 heteroatoms. The molecule has 0 aliphatic carbocycles. The van der Waals surface area contributed by atoms with Crippen molar-refractivity contribution in [1.29, 1.82) is 0 Å². The van der Waals surface area contributed by atoms with Crippen LogP contribution in [0.1, 0.15) is 25.3 Å². The second-order valence-corrected chi connectivity index (χ2v) is 10.7. The molecule has 1 N–H and O–H groups in total. The molecule has 1 unspecified atom stereocenters. The minimum atomic E-state index is -4.68. The molecule has 0 saturated carbocycles. The molecule has 1 aromatic carbocycles. The Labute approximate surface area is 190 Å². The number of hydrogen-bond acceptors (Lipinski definition) is 5. The van der Waals surface area contributed by atoms with E-state index < -0.39 is 38.2 Å². The van der Waals surface area contributed by atoms with Crippen LogP contribution in [-0.4, -0.2) is 56.7 Å². The van der Waals surface area contributed by atoms with Gasteiger partial charge in [-0.05, 0) is 50.8 Å². The van der Waals surface area contributed by atoms with Gasteiger partial charge in [0.1, 0.15) is 17.3 Å². The Kier molecular flexibility index (Phi) is 6.30. The smallest absolute Gasteiger partial charge is 0.268 e. The van der Waals surface area contributed by atoms with Crippen molar-refractivity contribution in [3.63, 3.8) is 0 Å². The van der Waals surface area contributed by atoms with E-state index in [0.29, 0.717) is 39.1 Å². The zero-order valence-corrected chi connectivity index (χ0v) is 19.2. The van der Waals surface area contributed by atoms with E-state index in [1.165, 1.54) is 19.1 Å². The largest absolute Gasteiger partial charge is 0.371 e. The highest BCUT2D eigenvalue weighted by molar-refractivity contribution is 7.92. The average molecular weight is 487 g/mol. The number of rotatable bonds is 6. The molecule has 6 nitrogen and oxygen atoms in total. The fourth-order valence-corrected chi connectivity index (χ4v) is 5.84. The summed E-state index contributed by atoms with van der Waals surface area (Å²) in [6.45, 7) is 5.86. The first kappa shape index (κ1) is 23.7. The normalized spacial score (nSPS) is 23.9. The number of pyridine rings is 1. The molecule has 3 heterocycles. The maximum Gasteiger partial charge on any atom is 0.268 e. The zero-order valence-electron chi connectivity index (χ0n) is 18.4. The molecule has 0 bridgehead atoms. The maximum atomic E-state index is 15.1. The standard InChI is InChI=1S/C22H26F4N4O2S/c1-14-17(30-8-6-15(12-30)11-29-9-7-22(2,26)13-29)10-16(23)21(20(14)25)33(31,32)28-19-5-3-4-18(24)27-19/h3-5,10,15H,6-9,11-13H2,1-2H3,(H,27,28)/t15?,22-/m1/s1. The maximum absolute atomic E-state index is 15.1. The number of nitrogens with one attached hydrogen (secondary N) is 1. The number of hydrogen-bond donors (Lipinski definition) is 1. The highest BCUT2D eigenvalue weighted by Crippen LogP contribution is 2.34. The van der Waals surface area contributed by atoms with Crippen molar-refractivity contribution in [2.75, 3.05) is 42.3 Å². The lowest BCUT2D eigenvalue weighted by Crippen LogP contribution is -2.32. The highest BCUT2D eigenvalue weighted by atomic mass is 32.2. The van der Waals surface area contributed by atoms with Crippen LogP contribution >= 0.6 is 0 Å². The molecular formula is C22H26F4N4O2S. The zero-order chi connectivity index (χ0) is 24.0. The van der Waals surface area contributed by atoms with Crippen molar-refractivity contribution in [2.24, 2.45) is 5.92 Å². The summed E-state index contributed by atoms with van der Waals surface area (Å²) in [7, 11) is -4.68. The van der Waals surface area contributed by atoms with Gasteiger partial charge in [0.15, 0.2) is 10.7 Å². The van der Waals surface area contributed by atoms with Gasteiger partial charge in [0.2, 0.25) is 5.95 Å². The molecule has 2 fully saturated rings. The highest BCUT2D eigenvalue weighted by Gasteiger charge is 2.36. The Balaban J connectivity index is 1.52. The third-order valence-corrected chi connectivity index (χ3v) is 7.65. The van der Waals surface area contributed by atoms with Crippen LogP contribution in [0.4, 0.5) is 29.1 Å². The van der Waals surface area contributed by atoms with Gasteiger partial charge in [0, 0.05) is 44.0 Å². The fraction of sp³-hybridized carbons (Fsp3) is 0.500. The van der Waals surface area contributed by atoms with E-state index in [1.807, 2.05) is 9.62 Å². The Morgan fingerprint density at radius 2 is 2.00 bits per heavy atom. The predicted molar refractivity (Wildman–Crippen MR) is 117 cm³/mol. The Morgan fingerprint density at radius 1 is 1.24 bits per heavy atom. The van der Waals surface area contributed by atoms with Gasteiger partial charge in [-0.1, -0.05) is 6.07 Å². The van der Waals surface area contributed by atoms with E-state index >= 15 is 4.39 Å². The molecule has 180 valence electrons. The lowest BCUT2D eigenvalue weighted by Gasteiger charge is -2.24. The van der Waals surface area contributed by atoms with E-state index in [2.05, 4.69) is 9.88 Å². The molecular weight excluding hydrogens is 460 g/mol. The number of likely N-dealkylation sites (tertiary alicyclic amines) is 1. The van der Waals surface area contributed by atoms with Gasteiger partial charge in [-0.25, -0.2) is 26.6 Å². The molecule has 2 atom stereocenters. The number of nitrogens with zero attached hydrogens (tertiary/aromatic N) is 3. The topological polar surface area (TPSA) is 65.5 Å². The summed E-state index contributed by atoms with van der Waals surface area (Å²) in [6.07, 6.45) is 1.28. The molecule has 4 rings (SSSR count). The first-order chi connectivity index (χ1) is 15.4. The van der Waals surface area contributed by atoms with Crippen LogP contribution in [0.5, 0.6) is 0 Å². The van der Waals surface area contributed by atoms with Crippen molar-refractivity contribution < 1.29 is 26.0 Å². The summed E-state index contributed by atoms with van der Waals surface area (Å²) in [5, 5.41) is 0.